The Labute approximate surface area is 125 Å². The Balaban J connectivity index is 2.05. The van der Waals surface area contributed by atoms with E-state index in [2.05, 4.69) is 49.6 Å². The fourth-order valence-corrected chi connectivity index (χ4v) is 2.47. The van der Waals surface area contributed by atoms with Crippen LogP contribution in [0.15, 0.2) is 42.7 Å². The van der Waals surface area contributed by atoms with Crippen molar-refractivity contribution < 1.29 is 4.74 Å². The Hall–Kier alpha value is -2.29. The lowest BCUT2D eigenvalue weighted by Gasteiger charge is -2.10. The topological polar surface area (TPSA) is 26.5 Å². The maximum atomic E-state index is 5.81. The molecule has 0 atom stereocenters. The zero-order valence-electron chi connectivity index (χ0n) is 12.8. The second-order valence-electron chi connectivity index (χ2n) is 5.37. The van der Waals surface area contributed by atoms with Crippen molar-refractivity contribution in [1.29, 1.82) is 0 Å². The summed E-state index contributed by atoms with van der Waals surface area (Å²) >= 11 is 0. The van der Waals surface area contributed by atoms with Crippen LogP contribution in [0.1, 0.15) is 24.5 Å². The van der Waals surface area contributed by atoms with Gasteiger partial charge >= 0.3 is 0 Å². The lowest BCUT2D eigenvalue weighted by atomic mass is 10.1. The van der Waals surface area contributed by atoms with E-state index in [1.165, 1.54) is 5.56 Å². The van der Waals surface area contributed by atoms with Crippen LogP contribution in [-0.2, 0) is 0 Å². The minimum Gasteiger partial charge on any atom is -0.493 e. The van der Waals surface area contributed by atoms with Crippen molar-refractivity contribution in [2.45, 2.75) is 27.2 Å². The number of rotatable bonds is 4. The Morgan fingerprint density at radius 2 is 2.05 bits per heavy atom. The molecule has 0 saturated carbocycles. The third kappa shape index (κ3) is 2.64. The molecule has 0 saturated heterocycles. The molecule has 0 spiro atoms. The van der Waals surface area contributed by atoms with Gasteiger partial charge < -0.3 is 9.14 Å². The third-order valence-corrected chi connectivity index (χ3v) is 3.64. The Morgan fingerprint density at radius 1 is 1.19 bits per heavy atom. The van der Waals surface area contributed by atoms with Crippen LogP contribution in [0.3, 0.4) is 0 Å². The monoisotopic (exact) mass is 280 g/mol. The first-order valence-corrected chi connectivity index (χ1v) is 7.37. The average Bonchev–Trinajstić information content (AvgIpc) is 2.89. The van der Waals surface area contributed by atoms with Gasteiger partial charge in [-0.05, 0) is 44.0 Å². The van der Waals surface area contributed by atoms with Crippen molar-refractivity contribution >= 4 is 5.65 Å². The first kappa shape index (κ1) is 13.7. The third-order valence-electron chi connectivity index (χ3n) is 3.64. The lowest BCUT2D eigenvalue weighted by molar-refractivity contribution is 0.315. The van der Waals surface area contributed by atoms with Crippen molar-refractivity contribution in [3.63, 3.8) is 0 Å². The number of benzene rings is 1. The van der Waals surface area contributed by atoms with Gasteiger partial charge in [-0.25, -0.2) is 4.98 Å². The molecule has 3 nitrogen and oxygen atoms in total. The molecule has 21 heavy (non-hydrogen) atoms. The van der Waals surface area contributed by atoms with Gasteiger partial charge in [-0.15, -0.1) is 0 Å². The molecule has 2 aromatic heterocycles. The van der Waals surface area contributed by atoms with Crippen LogP contribution < -0.4 is 4.74 Å². The van der Waals surface area contributed by atoms with E-state index in [4.69, 9.17) is 9.72 Å². The van der Waals surface area contributed by atoms with Gasteiger partial charge in [0, 0.05) is 23.5 Å². The van der Waals surface area contributed by atoms with Crippen LogP contribution in [0.5, 0.6) is 5.75 Å². The Morgan fingerprint density at radius 3 is 2.86 bits per heavy atom. The number of imidazole rings is 1. The second kappa shape index (κ2) is 5.60. The predicted molar refractivity (Wildman–Crippen MR) is 85.9 cm³/mol. The summed E-state index contributed by atoms with van der Waals surface area (Å²) in [6, 6.07) is 10.3. The quantitative estimate of drug-likeness (QED) is 0.707. The maximum absolute atomic E-state index is 5.81. The van der Waals surface area contributed by atoms with E-state index in [-0.39, 0.29) is 0 Å². The average molecular weight is 280 g/mol. The van der Waals surface area contributed by atoms with Crippen LogP contribution in [0, 0.1) is 13.8 Å². The molecular weight excluding hydrogens is 260 g/mol. The van der Waals surface area contributed by atoms with Crippen LogP contribution >= 0.6 is 0 Å². The minimum absolute atomic E-state index is 0.745. The van der Waals surface area contributed by atoms with E-state index < -0.39 is 0 Å². The molecule has 0 fully saturated rings. The standard InChI is InChI=1S/C18H20N2O/c1-4-10-21-17-7-5-6-15(14(17)3)16-12-20-9-8-13(2)11-18(20)19-16/h5-9,11-12H,4,10H2,1-3H3. The van der Waals surface area contributed by atoms with Gasteiger partial charge in [0.05, 0.1) is 12.3 Å². The molecule has 0 radical (unpaired) electrons. The van der Waals surface area contributed by atoms with E-state index >= 15 is 0 Å². The number of aromatic nitrogens is 2. The highest BCUT2D eigenvalue weighted by atomic mass is 16.5. The number of fused-ring (bicyclic) bond motifs is 1. The molecule has 3 aromatic rings. The van der Waals surface area contributed by atoms with Crippen molar-refractivity contribution in [2.75, 3.05) is 6.61 Å². The molecule has 108 valence electrons. The molecule has 2 heterocycles. The van der Waals surface area contributed by atoms with Crippen LogP contribution in [0.4, 0.5) is 0 Å². The summed E-state index contributed by atoms with van der Waals surface area (Å²) in [7, 11) is 0. The van der Waals surface area contributed by atoms with Gasteiger partial charge in [-0.1, -0.05) is 19.1 Å². The summed E-state index contributed by atoms with van der Waals surface area (Å²) in [5, 5.41) is 0. The van der Waals surface area contributed by atoms with Gasteiger partial charge in [0.15, 0.2) is 0 Å². The molecule has 1 aromatic carbocycles. The summed E-state index contributed by atoms with van der Waals surface area (Å²) in [5.41, 5.74) is 5.46. The van der Waals surface area contributed by atoms with Gasteiger partial charge in [0.1, 0.15) is 11.4 Å². The number of pyridine rings is 1. The number of hydrogen-bond acceptors (Lipinski definition) is 2. The van der Waals surface area contributed by atoms with Gasteiger partial charge in [-0.3, -0.25) is 0 Å². The van der Waals surface area contributed by atoms with E-state index in [0.29, 0.717) is 0 Å². The SMILES string of the molecule is CCCOc1cccc(-c2cn3ccc(C)cc3n2)c1C. The molecule has 0 aliphatic heterocycles. The van der Waals surface area contributed by atoms with Crippen molar-refractivity contribution in [3.05, 3.63) is 53.9 Å². The molecule has 0 N–H and O–H groups in total. The van der Waals surface area contributed by atoms with Crippen molar-refractivity contribution in [1.82, 2.24) is 9.38 Å². The first-order valence-electron chi connectivity index (χ1n) is 7.37. The normalized spacial score (nSPS) is 11.0. The second-order valence-corrected chi connectivity index (χ2v) is 5.37. The Kier molecular flexibility index (Phi) is 3.65. The van der Waals surface area contributed by atoms with Gasteiger partial charge in [0.2, 0.25) is 0 Å². The highest BCUT2D eigenvalue weighted by Gasteiger charge is 2.10. The molecule has 0 bridgehead atoms. The van der Waals surface area contributed by atoms with Gasteiger partial charge in [0.25, 0.3) is 0 Å². The molecule has 3 rings (SSSR count). The molecule has 0 aliphatic rings. The van der Waals surface area contributed by atoms with Crippen LogP contribution in [0.25, 0.3) is 16.9 Å². The number of hydrogen-bond donors (Lipinski definition) is 0. The molecule has 0 unspecified atom stereocenters. The fourth-order valence-electron chi connectivity index (χ4n) is 2.47. The predicted octanol–water partition coefficient (Wildman–Crippen LogP) is 4.41. The highest BCUT2D eigenvalue weighted by molar-refractivity contribution is 5.68. The summed E-state index contributed by atoms with van der Waals surface area (Å²) < 4.78 is 7.86. The number of nitrogens with zero attached hydrogens (tertiary/aromatic N) is 2. The molecule has 3 heteroatoms. The Bertz CT molecular complexity index is 774. The lowest BCUT2D eigenvalue weighted by Crippen LogP contribution is -1.97. The maximum Gasteiger partial charge on any atom is 0.137 e. The first-order chi connectivity index (χ1) is 10.2. The molecule has 0 amide bonds. The largest absolute Gasteiger partial charge is 0.493 e. The summed E-state index contributed by atoms with van der Waals surface area (Å²) in [6.45, 7) is 7.03. The van der Waals surface area contributed by atoms with E-state index in [0.717, 1.165) is 41.2 Å². The molecular formula is C18H20N2O. The zero-order chi connectivity index (χ0) is 14.8. The summed E-state index contributed by atoms with van der Waals surface area (Å²) in [5.74, 6) is 0.947. The fraction of sp³-hybridized carbons (Fsp3) is 0.278. The van der Waals surface area contributed by atoms with Crippen molar-refractivity contribution in [3.8, 4) is 17.0 Å². The minimum atomic E-state index is 0.745. The van der Waals surface area contributed by atoms with Gasteiger partial charge in [-0.2, -0.15) is 0 Å². The van der Waals surface area contributed by atoms with Crippen molar-refractivity contribution in [2.24, 2.45) is 0 Å². The highest BCUT2D eigenvalue weighted by Crippen LogP contribution is 2.29. The van der Waals surface area contributed by atoms with E-state index in [9.17, 15) is 0 Å². The van der Waals surface area contributed by atoms with E-state index in [1.807, 2.05) is 18.3 Å². The molecule has 0 aliphatic carbocycles. The van der Waals surface area contributed by atoms with Crippen LogP contribution in [-0.4, -0.2) is 16.0 Å². The smallest absolute Gasteiger partial charge is 0.137 e. The summed E-state index contributed by atoms with van der Waals surface area (Å²) in [6.07, 6.45) is 5.13. The summed E-state index contributed by atoms with van der Waals surface area (Å²) in [4.78, 5) is 4.73. The number of ether oxygens (including phenoxy) is 1. The zero-order valence-corrected chi connectivity index (χ0v) is 12.8. The number of aryl methyl sites for hydroxylation is 1. The van der Waals surface area contributed by atoms with Crippen LogP contribution in [0.2, 0.25) is 0 Å². The van der Waals surface area contributed by atoms with E-state index in [1.54, 1.807) is 0 Å².